The molecule has 0 fully saturated rings. The van der Waals surface area contributed by atoms with Crippen molar-refractivity contribution in [2.75, 3.05) is 13.1 Å². The Balaban J connectivity index is 3.69. The number of rotatable bonds is 12. The quantitative estimate of drug-likeness (QED) is 0.390. The maximum atomic E-state index is 3.73. The summed E-state index contributed by atoms with van der Waals surface area (Å²) >= 11 is 0. The molecule has 22 heavy (non-hydrogen) atoms. The van der Waals surface area contributed by atoms with Gasteiger partial charge < -0.3 is 5.32 Å². The van der Waals surface area contributed by atoms with Gasteiger partial charge >= 0.3 is 0 Å². The summed E-state index contributed by atoms with van der Waals surface area (Å²) in [7, 11) is 0. The van der Waals surface area contributed by atoms with Gasteiger partial charge in [-0.25, -0.2) is 0 Å². The van der Waals surface area contributed by atoms with Crippen LogP contribution in [0.2, 0.25) is 0 Å². The van der Waals surface area contributed by atoms with Crippen molar-refractivity contribution in [3.63, 3.8) is 0 Å². The molecule has 0 rings (SSSR count). The zero-order chi connectivity index (χ0) is 17.1. The topological polar surface area (TPSA) is 12.0 Å². The third kappa shape index (κ3) is 13.6. The van der Waals surface area contributed by atoms with Crippen LogP contribution >= 0.6 is 0 Å². The molecule has 0 radical (unpaired) electrons. The molecule has 0 amide bonds. The van der Waals surface area contributed by atoms with E-state index in [9.17, 15) is 0 Å². The fourth-order valence-corrected chi connectivity index (χ4v) is 3.08. The first-order valence-electron chi connectivity index (χ1n) is 9.87. The van der Waals surface area contributed by atoms with Gasteiger partial charge in [-0.05, 0) is 42.7 Å². The van der Waals surface area contributed by atoms with Gasteiger partial charge in [0.25, 0.3) is 0 Å². The Kier molecular flexibility index (Phi) is 11.5. The predicted molar refractivity (Wildman–Crippen MR) is 102 cm³/mol. The highest BCUT2D eigenvalue weighted by atomic mass is 14.9. The summed E-state index contributed by atoms with van der Waals surface area (Å²) in [6.45, 7) is 18.9. The number of unbranched alkanes of at least 4 members (excludes halogenated alkanes) is 7. The van der Waals surface area contributed by atoms with E-state index in [1.54, 1.807) is 0 Å². The summed E-state index contributed by atoms with van der Waals surface area (Å²) in [5, 5.41) is 3.73. The summed E-state index contributed by atoms with van der Waals surface area (Å²) in [6.07, 6.45) is 12.6. The molecule has 1 unspecified atom stereocenters. The standard InChI is InChI=1S/C21H45N/c1-8-9-10-11-12-13-14-15-16-22-18-19(21(5,6)7)17-20(2,3)4/h19,22H,8-18H2,1-7H3. The van der Waals surface area contributed by atoms with Gasteiger partial charge in [0.1, 0.15) is 0 Å². The van der Waals surface area contributed by atoms with Gasteiger partial charge in [-0.1, -0.05) is 93.4 Å². The van der Waals surface area contributed by atoms with Crippen LogP contribution in [0.1, 0.15) is 106 Å². The minimum atomic E-state index is 0.402. The Morgan fingerprint density at radius 1 is 0.727 bits per heavy atom. The SMILES string of the molecule is CCCCCCCCCCNCC(CC(C)(C)C)C(C)(C)C. The summed E-state index contributed by atoms with van der Waals surface area (Å²) in [5.41, 5.74) is 0.831. The van der Waals surface area contributed by atoms with Gasteiger partial charge in [0, 0.05) is 0 Å². The summed E-state index contributed by atoms with van der Waals surface area (Å²) in [6, 6.07) is 0. The van der Waals surface area contributed by atoms with Gasteiger partial charge in [0.05, 0.1) is 0 Å². The van der Waals surface area contributed by atoms with Crippen LogP contribution in [0.3, 0.4) is 0 Å². The van der Waals surface area contributed by atoms with Crippen molar-refractivity contribution in [3.8, 4) is 0 Å². The smallest absolute Gasteiger partial charge is 0.00153 e. The van der Waals surface area contributed by atoms with E-state index in [1.165, 1.54) is 70.9 Å². The van der Waals surface area contributed by atoms with Crippen molar-refractivity contribution in [3.05, 3.63) is 0 Å². The van der Waals surface area contributed by atoms with Gasteiger partial charge in [-0.3, -0.25) is 0 Å². The van der Waals surface area contributed by atoms with Gasteiger partial charge in [-0.2, -0.15) is 0 Å². The zero-order valence-electron chi connectivity index (χ0n) is 16.9. The van der Waals surface area contributed by atoms with E-state index in [-0.39, 0.29) is 0 Å². The van der Waals surface area contributed by atoms with Crippen molar-refractivity contribution in [2.24, 2.45) is 16.7 Å². The first kappa shape index (κ1) is 22.0. The summed E-state index contributed by atoms with van der Waals surface area (Å²) < 4.78 is 0. The van der Waals surface area contributed by atoms with Gasteiger partial charge in [-0.15, -0.1) is 0 Å². The molecule has 134 valence electrons. The Hall–Kier alpha value is -0.0400. The molecule has 1 N–H and O–H groups in total. The largest absolute Gasteiger partial charge is 0.316 e. The molecule has 0 aliphatic rings. The van der Waals surface area contributed by atoms with Gasteiger partial charge in [0.2, 0.25) is 0 Å². The lowest BCUT2D eigenvalue weighted by atomic mass is 9.72. The van der Waals surface area contributed by atoms with Crippen LogP contribution in [0.15, 0.2) is 0 Å². The third-order valence-electron chi connectivity index (χ3n) is 4.68. The lowest BCUT2D eigenvalue weighted by Crippen LogP contribution is -2.35. The molecular formula is C21H45N. The number of hydrogen-bond donors (Lipinski definition) is 1. The van der Waals surface area contributed by atoms with Crippen LogP contribution in [0.5, 0.6) is 0 Å². The Bertz CT molecular complexity index is 244. The maximum Gasteiger partial charge on any atom is -0.00153 e. The molecule has 0 aliphatic carbocycles. The molecule has 0 aliphatic heterocycles. The van der Waals surface area contributed by atoms with E-state index in [0.717, 1.165) is 5.92 Å². The molecule has 0 saturated carbocycles. The molecular weight excluding hydrogens is 266 g/mol. The average Bonchev–Trinajstić information content (AvgIpc) is 2.37. The molecule has 0 aromatic rings. The lowest BCUT2D eigenvalue weighted by molar-refractivity contribution is 0.161. The zero-order valence-corrected chi connectivity index (χ0v) is 16.9. The normalized spacial score (nSPS) is 14.3. The van der Waals surface area contributed by atoms with Crippen LogP contribution in [0.4, 0.5) is 0 Å². The Morgan fingerprint density at radius 3 is 1.68 bits per heavy atom. The van der Waals surface area contributed by atoms with E-state index in [1.807, 2.05) is 0 Å². The minimum Gasteiger partial charge on any atom is -0.316 e. The van der Waals surface area contributed by atoms with Crippen molar-refractivity contribution in [1.29, 1.82) is 0 Å². The first-order chi connectivity index (χ1) is 10.2. The third-order valence-corrected chi connectivity index (χ3v) is 4.68. The second-order valence-corrected chi connectivity index (χ2v) is 9.51. The fourth-order valence-electron chi connectivity index (χ4n) is 3.08. The van der Waals surface area contributed by atoms with Crippen molar-refractivity contribution < 1.29 is 0 Å². The van der Waals surface area contributed by atoms with Crippen molar-refractivity contribution in [2.45, 2.75) is 106 Å². The molecule has 0 bridgehead atoms. The molecule has 0 saturated heterocycles. The molecule has 0 heterocycles. The summed E-state index contributed by atoms with van der Waals surface area (Å²) in [4.78, 5) is 0. The minimum absolute atomic E-state index is 0.402. The molecule has 0 aromatic carbocycles. The van der Waals surface area contributed by atoms with E-state index in [4.69, 9.17) is 0 Å². The number of hydrogen-bond acceptors (Lipinski definition) is 1. The molecule has 0 aromatic heterocycles. The second kappa shape index (κ2) is 11.5. The highest BCUT2D eigenvalue weighted by Crippen LogP contribution is 2.35. The lowest BCUT2D eigenvalue weighted by Gasteiger charge is -2.36. The van der Waals surface area contributed by atoms with E-state index in [0.29, 0.717) is 10.8 Å². The highest BCUT2D eigenvalue weighted by Gasteiger charge is 2.28. The average molecular weight is 312 g/mol. The first-order valence-corrected chi connectivity index (χ1v) is 9.87. The molecule has 1 nitrogen and oxygen atoms in total. The van der Waals surface area contributed by atoms with E-state index in [2.05, 4.69) is 53.8 Å². The molecule has 1 atom stereocenters. The van der Waals surface area contributed by atoms with Crippen LogP contribution in [0, 0.1) is 16.7 Å². The van der Waals surface area contributed by atoms with Gasteiger partial charge in [0.15, 0.2) is 0 Å². The van der Waals surface area contributed by atoms with Crippen molar-refractivity contribution >= 4 is 0 Å². The monoisotopic (exact) mass is 311 g/mol. The number of nitrogens with one attached hydrogen (secondary N) is 1. The molecule has 0 spiro atoms. The fraction of sp³-hybridized carbons (Fsp3) is 1.00. The molecule has 1 heteroatoms. The van der Waals surface area contributed by atoms with Crippen LogP contribution in [-0.2, 0) is 0 Å². The van der Waals surface area contributed by atoms with E-state index < -0.39 is 0 Å². The maximum absolute atomic E-state index is 3.73. The Morgan fingerprint density at radius 2 is 1.23 bits per heavy atom. The summed E-state index contributed by atoms with van der Waals surface area (Å²) in [5.74, 6) is 0.765. The second-order valence-electron chi connectivity index (χ2n) is 9.51. The van der Waals surface area contributed by atoms with Crippen LogP contribution < -0.4 is 5.32 Å². The van der Waals surface area contributed by atoms with Crippen LogP contribution in [0.25, 0.3) is 0 Å². The predicted octanol–water partition coefficient (Wildman–Crippen LogP) is 6.82. The Labute approximate surface area is 142 Å². The highest BCUT2D eigenvalue weighted by molar-refractivity contribution is 4.80. The van der Waals surface area contributed by atoms with Crippen molar-refractivity contribution in [1.82, 2.24) is 5.32 Å². The van der Waals surface area contributed by atoms with E-state index >= 15 is 0 Å². The van der Waals surface area contributed by atoms with Crippen LogP contribution in [-0.4, -0.2) is 13.1 Å².